The zero-order chi connectivity index (χ0) is 18.4. The smallest absolute Gasteiger partial charge is 0.274 e. The topological polar surface area (TPSA) is 81.2 Å². The third-order valence-electron chi connectivity index (χ3n) is 4.88. The van der Waals surface area contributed by atoms with E-state index in [1.165, 1.54) is 0 Å². The molecule has 0 radical (unpaired) electrons. The molecule has 8 nitrogen and oxygen atoms in total. The first-order valence-electron chi connectivity index (χ1n) is 8.82. The van der Waals surface area contributed by atoms with Crippen LogP contribution in [0.2, 0.25) is 0 Å². The fourth-order valence-electron chi connectivity index (χ4n) is 3.47. The number of amides is 1. The maximum absolute atomic E-state index is 13.1. The van der Waals surface area contributed by atoms with E-state index in [0.717, 1.165) is 11.4 Å². The Kier molecular flexibility index (Phi) is 3.49. The van der Waals surface area contributed by atoms with E-state index < -0.39 is 0 Å². The first kappa shape index (κ1) is 15.7. The molecular weight excluding hydrogens is 342 g/mol. The molecule has 0 saturated carbocycles. The summed E-state index contributed by atoms with van der Waals surface area (Å²) in [6.45, 7) is 3.14. The van der Waals surface area contributed by atoms with Gasteiger partial charge in [-0.15, -0.1) is 0 Å². The van der Waals surface area contributed by atoms with Crippen molar-refractivity contribution in [1.82, 2.24) is 34.3 Å². The van der Waals surface area contributed by atoms with Crippen LogP contribution in [0.3, 0.4) is 0 Å². The molecule has 1 amide bonds. The zero-order valence-corrected chi connectivity index (χ0v) is 14.7. The van der Waals surface area contributed by atoms with Crippen molar-refractivity contribution in [3.63, 3.8) is 0 Å². The van der Waals surface area contributed by atoms with Gasteiger partial charge in [-0.1, -0.05) is 30.3 Å². The fourth-order valence-corrected chi connectivity index (χ4v) is 3.47. The molecule has 5 rings (SSSR count). The van der Waals surface area contributed by atoms with Gasteiger partial charge in [0, 0.05) is 18.3 Å². The molecule has 1 aliphatic heterocycles. The SMILES string of the molecule is C[C@H]1c2nc(-c3ccccc3)nn2CCN1C(=O)c1cnc2cccnn12. The lowest BCUT2D eigenvalue weighted by Crippen LogP contribution is -2.42. The number of imidazole rings is 1. The van der Waals surface area contributed by atoms with E-state index in [2.05, 4.69) is 15.2 Å². The van der Waals surface area contributed by atoms with Gasteiger partial charge in [-0.2, -0.15) is 10.2 Å². The van der Waals surface area contributed by atoms with Crippen molar-refractivity contribution in [2.75, 3.05) is 6.54 Å². The van der Waals surface area contributed by atoms with Gasteiger partial charge in [-0.25, -0.2) is 19.2 Å². The van der Waals surface area contributed by atoms with Gasteiger partial charge in [0.1, 0.15) is 5.82 Å². The summed E-state index contributed by atoms with van der Waals surface area (Å²) in [6.07, 6.45) is 3.22. The van der Waals surface area contributed by atoms with Crippen LogP contribution in [0.5, 0.6) is 0 Å². The number of hydrogen-bond acceptors (Lipinski definition) is 5. The number of carbonyl (C=O) groups is 1. The molecule has 0 unspecified atom stereocenters. The standard InChI is InChI=1S/C19H17N7O/c1-13-18-22-17(14-6-3-2-4-7-14)23-25(18)11-10-24(13)19(27)15-12-20-16-8-5-9-21-26(15)16/h2-9,12-13H,10-11H2,1H3/t13-/m0/s1. The third-order valence-corrected chi connectivity index (χ3v) is 4.88. The number of fused-ring (bicyclic) bond motifs is 2. The molecule has 0 bridgehead atoms. The number of benzene rings is 1. The molecule has 0 N–H and O–H groups in total. The Balaban J connectivity index is 1.48. The van der Waals surface area contributed by atoms with Crippen molar-refractivity contribution in [2.24, 2.45) is 0 Å². The minimum absolute atomic E-state index is 0.107. The summed E-state index contributed by atoms with van der Waals surface area (Å²) in [5.41, 5.74) is 2.07. The van der Waals surface area contributed by atoms with E-state index in [-0.39, 0.29) is 11.9 Å². The highest BCUT2D eigenvalue weighted by atomic mass is 16.2. The van der Waals surface area contributed by atoms with Crippen LogP contribution in [0.25, 0.3) is 17.0 Å². The minimum Gasteiger partial charge on any atom is -0.325 e. The molecule has 134 valence electrons. The monoisotopic (exact) mass is 359 g/mol. The van der Waals surface area contributed by atoms with Crippen molar-refractivity contribution in [1.29, 1.82) is 0 Å². The minimum atomic E-state index is -0.189. The summed E-state index contributed by atoms with van der Waals surface area (Å²) in [5, 5.41) is 8.86. The van der Waals surface area contributed by atoms with Crippen LogP contribution in [-0.2, 0) is 6.54 Å². The highest BCUT2D eigenvalue weighted by molar-refractivity contribution is 5.93. The lowest BCUT2D eigenvalue weighted by atomic mass is 10.2. The van der Waals surface area contributed by atoms with Crippen LogP contribution in [-0.4, -0.2) is 46.7 Å². The summed E-state index contributed by atoms with van der Waals surface area (Å²) < 4.78 is 3.47. The number of carbonyl (C=O) groups excluding carboxylic acids is 1. The molecule has 4 aromatic rings. The van der Waals surface area contributed by atoms with E-state index in [1.54, 1.807) is 27.9 Å². The largest absolute Gasteiger partial charge is 0.325 e. The first-order valence-corrected chi connectivity index (χ1v) is 8.82. The van der Waals surface area contributed by atoms with Gasteiger partial charge in [0.15, 0.2) is 17.2 Å². The maximum atomic E-state index is 13.1. The summed E-state index contributed by atoms with van der Waals surface area (Å²) >= 11 is 0. The molecule has 1 aromatic carbocycles. The van der Waals surface area contributed by atoms with Gasteiger partial charge in [-0.05, 0) is 19.1 Å². The van der Waals surface area contributed by atoms with Crippen LogP contribution in [0.1, 0.15) is 29.3 Å². The molecule has 3 aromatic heterocycles. The van der Waals surface area contributed by atoms with Crippen LogP contribution in [0.4, 0.5) is 0 Å². The molecule has 0 aliphatic carbocycles. The average molecular weight is 359 g/mol. The van der Waals surface area contributed by atoms with E-state index >= 15 is 0 Å². The summed E-state index contributed by atoms with van der Waals surface area (Å²) in [4.78, 5) is 23.9. The van der Waals surface area contributed by atoms with Gasteiger partial charge < -0.3 is 4.90 Å². The van der Waals surface area contributed by atoms with Crippen LogP contribution < -0.4 is 0 Å². The van der Waals surface area contributed by atoms with E-state index in [4.69, 9.17) is 4.98 Å². The molecule has 4 heterocycles. The number of nitrogens with zero attached hydrogens (tertiary/aromatic N) is 7. The second-order valence-corrected chi connectivity index (χ2v) is 6.49. The molecular formula is C19H17N7O. The van der Waals surface area contributed by atoms with Crippen molar-refractivity contribution < 1.29 is 4.79 Å². The van der Waals surface area contributed by atoms with Crippen molar-refractivity contribution in [3.8, 4) is 11.4 Å². The Hall–Kier alpha value is -3.55. The second kappa shape index (κ2) is 6.01. The molecule has 0 saturated heterocycles. The van der Waals surface area contributed by atoms with Gasteiger partial charge >= 0.3 is 0 Å². The third kappa shape index (κ3) is 2.49. The van der Waals surface area contributed by atoms with Crippen LogP contribution >= 0.6 is 0 Å². The summed E-state index contributed by atoms with van der Waals surface area (Å²) in [7, 11) is 0. The molecule has 1 aliphatic rings. The van der Waals surface area contributed by atoms with E-state index in [1.807, 2.05) is 48.0 Å². The zero-order valence-electron chi connectivity index (χ0n) is 14.7. The fraction of sp³-hybridized carbons (Fsp3) is 0.211. The Labute approximate surface area is 155 Å². The van der Waals surface area contributed by atoms with Crippen LogP contribution in [0, 0.1) is 0 Å². The van der Waals surface area contributed by atoms with E-state index in [9.17, 15) is 4.79 Å². The van der Waals surface area contributed by atoms with E-state index in [0.29, 0.717) is 30.3 Å². The Morgan fingerprint density at radius 2 is 1.96 bits per heavy atom. The second-order valence-electron chi connectivity index (χ2n) is 6.49. The van der Waals surface area contributed by atoms with Gasteiger partial charge in [0.25, 0.3) is 5.91 Å². The summed E-state index contributed by atoms with van der Waals surface area (Å²) in [5.74, 6) is 1.36. The van der Waals surface area contributed by atoms with Crippen molar-refractivity contribution in [3.05, 3.63) is 66.4 Å². The average Bonchev–Trinajstić information content (AvgIpc) is 3.33. The van der Waals surface area contributed by atoms with Gasteiger partial charge in [-0.3, -0.25) is 4.79 Å². The van der Waals surface area contributed by atoms with Gasteiger partial charge in [0.05, 0.1) is 18.8 Å². The Bertz CT molecular complexity index is 1130. The van der Waals surface area contributed by atoms with Gasteiger partial charge in [0.2, 0.25) is 0 Å². The quantitative estimate of drug-likeness (QED) is 0.548. The Morgan fingerprint density at radius 1 is 1.11 bits per heavy atom. The number of rotatable bonds is 2. The van der Waals surface area contributed by atoms with Crippen molar-refractivity contribution in [2.45, 2.75) is 19.5 Å². The predicted molar refractivity (Wildman–Crippen MR) is 97.9 cm³/mol. The molecule has 0 fully saturated rings. The predicted octanol–water partition coefficient (Wildman–Crippen LogP) is 2.20. The maximum Gasteiger partial charge on any atom is 0.274 e. The number of aromatic nitrogens is 6. The number of hydrogen-bond donors (Lipinski definition) is 0. The molecule has 8 heteroatoms. The highest BCUT2D eigenvalue weighted by Crippen LogP contribution is 2.27. The normalized spacial score (nSPS) is 16.5. The first-order chi connectivity index (χ1) is 13.2. The Morgan fingerprint density at radius 3 is 2.81 bits per heavy atom. The molecule has 0 spiro atoms. The molecule has 1 atom stereocenters. The highest BCUT2D eigenvalue weighted by Gasteiger charge is 2.32. The summed E-state index contributed by atoms with van der Waals surface area (Å²) in [6, 6.07) is 13.3. The van der Waals surface area contributed by atoms with Crippen LogP contribution in [0.15, 0.2) is 54.9 Å². The van der Waals surface area contributed by atoms with Crippen molar-refractivity contribution >= 4 is 11.6 Å². The molecule has 27 heavy (non-hydrogen) atoms. The lowest BCUT2D eigenvalue weighted by molar-refractivity contribution is 0.0622. The lowest BCUT2D eigenvalue weighted by Gasteiger charge is -2.32.